The van der Waals surface area contributed by atoms with Crippen molar-refractivity contribution in [3.8, 4) is 0 Å². The minimum Gasteiger partial charge on any atom is -0.0617 e. The van der Waals surface area contributed by atoms with Crippen LogP contribution in [0.3, 0.4) is 0 Å². The van der Waals surface area contributed by atoms with Crippen molar-refractivity contribution in [3.05, 3.63) is 106 Å². The lowest BCUT2D eigenvalue weighted by Crippen LogP contribution is -2.17. The number of rotatable bonds is 0. The molecule has 3 aromatic rings. The largest absolute Gasteiger partial charge is 0.0617 e. The molecule has 0 fully saturated rings. The lowest BCUT2D eigenvalue weighted by atomic mass is 9.81. The van der Waals surface area contributed by atoms with Crippen molar-refractivity contribution in [1.82, 2.24) is 0 Å². The molecule has 0 atom stereocenters. The summed E-state index contributed by atoms with van der Waals surface area (Å²) in [4.78, 5) is 0. The first-order valence-corrected chi connectivity index (χ1v) is 10.0. The van der Waals surface area contributed by atoms with E-state index in [4.69, 9.17) is 0 Å². The second-order valence-corrected chi connectivity index (χ2v) is 8.42. The van der Waals surface area contributed by atoms with Gasteiger partial charge in [-0.1, -0.05) is 72.8 Å². The third-order valence-electron chi connectivity index (χ3n) is 6.12. The minimum absolute atomic E-state index is 0.658. The summed E-state index contributed by atoms with van der Waals surface area (Å²) in [7, 11) is 0. The molecule has 0 unspecified atom stereocenters. The first-order chi connectivity index (χ1) is 12.8. The Bertz CT molecular complexity index is 734. The first-order valence-electron chi connectivity index (χ1n) is 10.0. The molecule has 6 rings (SSSR count). The van der Waals surface area contributed by atoms with Gasteiger partial charge >= 0.3 is 0 Å². The fourth-order valence-corrected chi connectivity index (χ4v) is 5.08. The van der Waals surface area contributed by atoms with Gasteiger partial charge in [-0.25, -0.2) is 0 Å². The van der Waals surface area contributed by atoms with E-state index in [0.717, 1.165) is 0 Å². The molecule has 0 radical (unpaired) electrons. The summed E-state index contributed by atoms with van der Waals surface area (Å²) in [6.45, 7) is 0. The van der Waals surface area contributed by atoms with Gasteiger partial charge in [0.25, 0.3) is 0 Å². The van der Waals surface area contributed by atoms with Crippen LogP contribution in [-0.4, -0.2) is 0 Å². The van der Waals surface area contributed by atoms with Gasteiger partial charge in [-0.3, -0.25) is 0 Å². The molecule has 0 spiro atoms. The highest BCUT2D eigenvalue weighted by Crippen LogP contribution is 2.27. The molecule has 26 heavy (non-hydrogen) atoms. The number of hydrogen-bond donors (Lipinski definition) is 0. The van der Waals surface area contributed by atoms with Crippen LogP contribution >= 0.6 is 0 Å². The predicted molar refractivity (Wildman–Crippen MR) is 109 cm³/mol. The zero-order valence-corrected chi connectivity index (χ0v) is 15.3. The van der Waals surface area contributed by atoms with Gasteiger partial charge in [0, 0.05) is 0 Å². The lowest BCUT2D eigenvalue weighted by molar-refractivity contribution is 0.498. The van der Waals surface area contributed by atoms with Crippen molar-refractivity contribution in [3.63, 3.8) is 0 Å². The van der Waals surface area contributed by atoms with Gasteiger partial charge in [0.2, 0.25) is 0 Å². The van der Waals surface area contributed by atoms with Gasteiger partial charge in [0.15, 0.2) is 0 Å². The fourth-order valence-electron chi connectivity index (χ4n) is 5.08. The molecule has 0 nitrogen and oxygen atoms in total. The number of hydrogen-bond acceptors (Lipinski definition) is 0. The molecular weight excluding hydrogens is 312 g/mol. The van der Waals surface area contributed by atoms with Crippen LogP contribution in [0.25, 0.3) is 0 Å². The molecule has 8 bridgehead atoms. The monoisotopic (exact) mass is 338 g/mol. The molecule has 0 heterocycles. The summed E-state index contributed by atoms with van der Waals surface area (Å²) in [5.41, 5.74) is 9.08. The fraction of sp³-hybridized carbons (Fsp3) is 0.308. The van der Waals surface area contributed by atoms with E-state index in [-0.39, 0.29) is 0 Å². The molecule has 130 valence electrons. The molecule has 0 aromatic heterocycles. The first kappa shape index (κ1) is 15.9. The Hall–Kier alpha value is -2.34. The zero-order chi connectivity index (χ0) is 17.3. The van der Waals surface area contributed by atoms with Crippen molar-refractivity contribution in [1.29, 1.82) is 0 Å². The van der Waals surface area contributed by atoms with E-state index < -0.39 is 0 Å². The molecule has 0 heteroatoms. The zero-order valence-electron chi connectivity index (χ0n) is 15.3. The SMILES string of the molecule is c1cc2cc(c1)CC1Cc3cccc(c3)CC(C2)Cc2cccc(c2)C1. The topological polar surface area (TPSA) is 0 Å². The molecule has 3 aliphatic carbocycles. The second kappa shape index (κ2) is 6.76. The molecule has 0 N–H and O–H groups in total. The van der Waals surface area contributed by atoms with Crippen molar-refractivity contribution in [2.24, 2.45) is 11.8 Å². The van der Waals surface area contributed by atoms with Gasteiger partial charge in [-0.15, -0.1) is 0 Å². The Balaban J connectivity index is 1.66. The van der Waals surface area contributed by atoms with Crippen LogP contribution in [0.1, 0.15) is 33.4 Å². The smallest absolute Gasteiger partial charge is 0.0244 e. The summed E-state index contributed by atoms with van der Waals surface area (Å²) in [5.74, 6) is 1.32. The lowest BCUT2D eigenvalue weighted by Gasteiger charge is -2.24. The maximum absolute atomic E-state index is 2.48. The average molecular weight is 338 g/mol. The molecule has 0 saturated carbocycles. The normalized spacial score (nSPS) is 21.7. The highest BCUT2D eigenvalue weighted by atomic mass is 14.2. The Morgan fingerprint density at radius 1 is 0.385 bits per heavy atom. The van der Waals surface area contributed by atoms with Gasteiger partial charge in [-0.2, -0.15) is 0 Å². The standard InChI is InChI=1S/C26H26/c1-4-19-10-20(5-1)14-26-16-22-7-2-6-21(11-22)15-25(13-19)17-23-8-3-9-24(12-23)18-26/h1-12,25-26H,13-18H2. The molecule has 0 saturated heterocycles. The Morgan fingerprint density at radius 2 is 0.615 bits per heavy atom. The van der Waals surface area contributed by atoms with Crippen LogP contribution in [0.15, 0.2) is 72.8 Å². The van der Waals surface area contributed by atoms with Crippen molar-refractivity contribution >= 4 is 0 Å². The summed E-state index contributed by atoms with van der Waals surface area (Å²) in [5, 5.41) is 0. The van der Waals surface area contributed by atoms with E-state index in [1.54, 1.807) is 0 Å². The van der Waals surface area contributed by atoms with Crippen LogP contribution in [0.2, 0.25) is 0 Å². The minimum atomic E-state index is 0.658. The van der Waals surface area contributed by atoms with Crippen LogP contribution in [-0.2, 0) is 38.5 Å². The van der Waals surface area contributed by atoms with Crippen LogP contribution in [0.4, 0.5) is 0 Å². The van der Waals surface area contributed by atoms with E-state index >= 15 is 0 Å². The van der Waals surface area contributed by atoms with Gasteiger partial charge < -0.3 is 0 Å². The van der Waals surface area contributed by atoms with E-state index in [2.05, 4.69) is 72.8 Å². The number of benzene rings is 3. The van der Waals surface area contributed by atoms with Gasteiger partial charge in [0.1, 0.15) is 0 Å². The van der Waals surface area contributed by atoms with Crippen molar-refractivity contribution < 1.29 is 0 Å². The molecule has 3 aliphatic rings. The summed E-state index contributed by atoms with van der Waals surface area (Å²) >= 11 is 0. The highest BCUT2D eigenvalue weighted by molar-refractivity contribution is 5.32. The quantitative estimate of drug-likeness (QED) is 0.500. The van der Waals surface area contributed by atoms with Crippen LogP contribution in [0, 0.1) is 11.8 Å². The molecular formula is C26H26. The highest BCUT2D eigenvalue weighted by Gasteiger charge is 2.19. The Kier molecular flexibility index (Phi) is 4.13. The maximum Gasteiger partial charge on any atom is -0.0244 e. The van der Waals surface area contributed by atoms with Crippen molar-refractivity contribution in [2.45, 2.75) is 38.5 Å². The Labute approximate surface area is 156 Å². The van der Waals surface area contributed by atoms with Crippen molar-refractivity contribution in [2.75, 3.05) is 0 Å². The van der Waals surface area contributed by atoms with E-state index in [1.165, 1.54) is 71.9 Å². The van der Waals surface area contributed by atoms with Crippen LogP contribution in [0.5, 0.6) is 0 Å². The average Bonchev–Trinajstić information content (AvgIpc) is 2.61. The summed E-state index contributed by atoms with van der Waals surface area (Å²) in [6.07, 6.45) is 7.04. The molecule has 0 aliphatic heterocycles. The third kappa shape index (κ3) is 3.46. The third-order valence-corrected chi connectivity index (χ3v) is 6.12. The van der Waals surface area contributed by atoms with Gasteiger partial charge in [0.05, 0.1) is 0 Å². The second-order valence-electron chi connectivity index (χ2n) is 8.42. The summed E-state index contributed by atoms with van der Waals surface area (Å²) < 4.78 is 0. The molecule has 3 aromatic carbocycles. The van der Waals surface area contributed by atoms with E-state index in [9.17, 15) is 0 Å². The van der Waals surface area contributed by atoms with Gasteiger partial charge in [-0.05, 0) is 83.7 Å². The van der Waals surface area contributed by atoms with E-state index in [1.807, 2.05) is 0 Å². The molecule has 0 amide bonds. The Morgan fingerprint density at radius 3 is 0.846 bits per heavy atom. The van der Waals surface area contributed by atoms with E-state index in [0.29, 0.717) is 11.8 Å². The summed E-state index contributed by atoms with van der Waals surface area (Å²) in [6, 6.07) is 28.2. The maximum atomic E-state index is 2.48. The predicted octanol–water partition coefficient (Wildman–Crippen LogP) is 5.60. The van der Waals surface area contributed by atoms with Crippen LogP contribution < -0.4 is 0 Å².